The number of aromatic carboxylic acids is 1. The molecule has 0 atom stereocenters. The lowest BCUT2D eigenvalue weighted by Gasteiger charge is -2.11. The molecule has 0 spiro atoms. The van der Waals surface area contributed by atoms with Crippen LogP contribution in [-0.2, 0) is 6.61 Å². The van der Waals surface area contributed by atoms with Crippen molar-refractivity contribution in [2.24, 2.45) is 0 Å². The predicted molar refractivity (Wildman–Crippen MR) is 80.0 cm³/mol. The zero-order valence-corrected chi connectivity index (χ0v) is 11.5. The number of aromatic nitrogens is 1. The quantitative estimate of drug-likeness (QED) is 0.778. The molecule has 1 heterocycles. The second-order valence-electron chi connectivity index (χ2n) is 4.86. The van der Waals surface area contributed by atoms with E-state index in [1.165, 1.54) is 24.3 Å². The molecule has 22 heavy (non-hydrogen) atoms. The molecule has 4 nitrogen and oxygen atoms in total. The molecule has 0 bridgehead atoms. The maximum absolute atomic E-state index is 13.8. The molecule has 0 aliphatic heterocycles. The third kappa shape index (κ3) is 2.42. The number of hydrogen-bond acceptors (Lipinski definition) is 3. The number of carboxylic acids is 1. The molecule has 1 aromatic heterocycles. The molecule has 5 heteroatoms. The van der Waals surface area contributed by atoms with Gasteiger partial charge in [0.25, 0.3) is 0 Å². The summed E-state index contributed by atoms with van der Waals surface area (Å²) in [7, 11) is 0. The summed E-state index contributed by atoms with van der Waals surface area (Å²) in [6, 6.07) is 10.6. The number of pyridine rings is 1. The Hall–Kier alpha value is -2.79. The Morgan fingerprint density at radius 3 is 2.68 bits per heavy atom. The molecular formula is C17H12FNO3. The second-order valence-corrected chi connectivity index (χ2v) is 4.86. The highest BCUT2D eigenvalue weighted by Gasteiger charge is 2.13. The minimum atomic E-state index is -1.08. The summed E-state index contributed by atoms with van der Waals surface area (Å²) < 4.78 is 13.8. The molecule has 3 aromatic rings. The Bertz CT molecular complexity index is 877. The number of carboxylic acid groups (broad SMARTS) is 1. The predicted octanol–water partition coefficient (Wildman–Crippen LogP) is 3.23. The molecule has 3 rings (SSSR count). The molecule has 0 aliphatic rings. The number of rotatable bonds is 3. The van der Waals surface area contributed by atoms with Gasteiger partial charge in [-0.1, -0.05) is 12.1 Å². The largest absolute Gasteiger partial charge is 0.478 e. The van der Waals surface area contributed by atoms with Crippen molar-refractivity contribution < 1.29 is 19.4 Å². The first kappa shape index (κ1) is 14.2. The molecule has 0 saturated heterocycles. The van der Waals surface area contributed by atoms with E-state index in [4.69, 9.17) is 5.11 Å². The molecule has 0 aliphatic carbocycles. The number of hydrogen-bond donors (Lipinski definition) is 2. The molecule has 2 aromatic carbocycles. The van der Waals surface area contributed by atoms with Crippen molar-refractivity contribution in [3.63, 3.8) is 0 Å². The maximum Gasteiger partial charge on any atom is 0.335 e. The summed E-state index contributed by atoms with van der Waals surface area (Å²) in [6.45, 7) is -0.346. The molecule has 2 N–H and O–H groups in total. The van der Waals surface area contributed by atoms with Gasteiger partial charge in [0.2, 0.25) is 0 Å². The van der Waals surface area contributed by atoms with Gasteiger partial charge in [0.15, 0.2) is 0 Å². The van der Waals surface area contributed by atoms with Crippen LogP contribution >= 0.6 is 0 Å². The Labute approximate surface area is 125 Å². The first-order chi connectivity index (χ1) is 10.6. The van der Waals surface area contributed by atoms with E-state index in [1.54, 1.807) is 24.4 Å². The van der Waals surface area contributed by atoms with Crippen LogP contribution < -0.4 is 0 Å². The Morgan fingerprint density at radius 1 is 1.14 bits per heavy atom. The average Bonchev–Trinajstić information content (AvgIpc) is 2.53. The van der Waals surface area contributed by atoms with Crippen LogP contribution in [0.1, 0.15) is 15.9 Å². The Kier molecular flexibility index (Phi) is 3.56. The highest BCUT2D eigenvalue weighted by molar-refractivity contribution is 5.95. The highest BCUT2D eigenvalue weighted by atomic mass is 19.1. The van der Waals surface area contributed by atoms with Gasteiger partial charge in [0.1, 0.15) is 5.82 Å². The van der Waals surface area contributed by atoms with E-state index in [0.29, 0.717) is 27.6 Å². The van der Waals surface area contributed by atoms with E-state index >= 15 is 0 Å². The summed E-state index contributed by atoms with van der Waals surface area (Å²) in [4.78, 5) is 15.3. The minimum absolute atomic E-state index is 0.0708. The molecule has 0 unspecified atom stereocenters. The summed E-state index contributed by atoms with van der Waals surface area (Å²) >= 11 is 0. The van der Waals surface area contributed by atoms with Gasteiger partial charge in [-0.25, -0.2) is 9.18 Å². The van der Waals surface area contributed by atoms with Crippen molar-refractivity contribution >= 4 is 16.9 Å². The lowest BCUT2D eigenvalue weighted by molar-refractivity contribution is 0.0696. The fourth-order valence-electron chi connectivity index (χ4n) is 2.48. The van der Waals surface area contributed by atoms with Gasteiger partial charge in [0, 0.05) is 17.1 Å². The van der Waals surface area contributed by atoms with Crippen LogP contribution in [0.4, 0.5) is 4.39 Å². The van der Waals surface area contributed by atoms with E-state index in [2.05, 4.69) is 4.98 Å². The third-order valence-electron chi connectivity index (χ3n) is 3.48. The second kappa shape index (κ2) is 5.54. The van der Waals surface area contributed by atoms with Crippen LogP contribution in [0, 0.1) is 5.82 Å². The van der Waals surface area contributed by atoms with Crippen molar-refractivity contribution in [1.82, 2.24) is 4.98 Å². The maximum atomic E-state index is 13.8. The van der Waals surface area contributed by atoms with Gasteiger partial charge in [-0.3, -0.25) is 4.98 Å². The minimum Gasteiger partial charge on any atom is -0.478 e. The van der Waals surface area contributed by atoms with Crippen LogP contribution in [0.2, 0.25) is 0 Å². The van der Waals surface area contributed by atoms with Crippen LogP contribution in [0.5, 0.6) is 0 Å². The first-order valence-corrected chi connectivity index (χ1v) is 6.62. The van der Waals surface area contributed by atoms with Gasteiger partial charge in [0.05, 0.1) is 17.7 Å². The van der Waals surface area contributed by atoms with Crippen molar-refractivity contribution in [2.75, 3.05) is 0 Å². The summed E-state index contributed by atoms with van der Waals surface area (Å²) in [6.07, 6.45) is 1.61. The lowest BCUT2D eigenvalue weighted by atomic mass is 9.95. The van der Waals surface area contributed by atoms with Gasteiger partial charge in [-0.05, 0) is 41.5 Å². The smallest absolute Gasteiger partial charge is 0.335 e. The van der Waals surface area contributed by atoms with Crippen molar-refractivity contribution in [2.45, 2.75) is 6.61 Å². The zero-order valence-electron chi connectivity index (χ0n) is 11.5. The highest BCUT2D eigenvalue weighted by Crippen LogP contribution is 2.31. The number of nitrogens with zero attached hydrogens (tertiary/aromatic N) is 1. The number of aliphatic hydroxyl groups is 1. The van der Waals surface area contributed by atoms with Crippen molar-refractivity contribution in [3.05, 3.63) is 65.6 Å². The summed E-state index contributed by atoms with van der Waals surface area (Å²) in [5.41, 5.74) is 2.17. The van der Waals surface area contributed by atoms with Crippen LogP contribution in [0.15, 0.2) is 48.7 Å². The first-order valence-electron chi connectivity index (χ1n) is 6.62. The van der Waals surface area contributed by atoms with E-state index < -0.39 is 11.8 Å². The van der Waals surface area contributed by atoms with E-state index in [1.807, 2.05) is 0 Å². The fraction of sp³-hybridized carbons (Fsp3) is 0.0588. The SMILES string of the molecule is O=C(O)c1ccc(-c2cc(F)cc3cccnc23)c(CO)c1. The molecule has 0 fully saturated rings. The molecule has 110 valence electrons. The molecular weight excluding hydrogens is 285 g/mol. The van der Waals surface area contributed by atoms with Gasteiger partial charge >= 0.3 is 5.97 Å². The van der Waals surface area contributed by atoms with Crippen LogP contribution in [-0.4, -0.2) is 21.2 Å². The number of aliphatic hydroxyl groups excluding tert-OH is 1. The van der Waals surface area contributed by atoms with Gasteiger partial charge in [-0.2, -0.15) is 0 Å². The number of fused-ring (bicyclic) bond motifs is 1. The van der Waals surface area contributed by atoms with Crippen LogP contribution in [0.25, 0.3) is 22.0 Å². The van der Waals surface area contributed by atoms with Gasteiger partial charge < -0.3 is 10.2 Å². The van der Waals surface area contributed by atoms with Crippen molar-refractivity contribution in [1.29, 1.82) is 0 Å². The van der Waals surface area contributed by atoms with E-state index in [9.17, 15) is 14.3 Å². The molecule has 0 saturated carbocycles. The summed E-state index contributed by atoms with van der Waals surface area (Å²) in [5.74, 6) is -1.50. The normalized spacial score (nSPS) is 10.8. The average molecular weight is 297 g/mol. The summed E-state index contributed by atoms with van der Waals surface area (Å²) in [5, 5.41) is 19.2. The lowest BCUT2D eigenvalue weighted by Crippen LogP contribution is -2.00. The van der Waals surface area contributed by atoms with E-state index in [-0.39, 0.29) is 12.2 Å². The Morgan fingerprint density at radius 2 is 1.95 bits per heavy atom. The number of benzene rings is 2. The van der Waals surface area contributed by atoms with Gasteiger partial charge in [-0.15, -0.1) is 0 Å². The third-order valence-corrected chi connectivity index (χ3v) is 3.48. The molecule has 0 radical (unpaired) electrons. The number of carbonyl (C=O) groups is 1. The van der Waals surface area contributed by atoms with Crippen molar-refractivity contribution in [3.8, 4) is 11.1 Å². The topological polar surface area (TPSA) is 70.4 Å². The standard InChI is InChI=1S/C17H12FNO3/c18-13-7-10-2-1-5-19-16(10)15(8-13)14-4-3-11(17(21)22)6-12(14)9-20/h1-8,20H,9H2,(H,21,22). The van der Waals surface area contributed by atoms with Crippen LogP contribution in [0.3, 0.4) is 0 Å². The Balaban J connectivity index is 2.29. The number of halogens is 1. The molecule has 0 amide bonds. The van der Waals surface area contributed by atoms with E-state index in [0.717, 1.165) is 0 Å². The zero-order chi connectivity index (χ0) is 15.7. The fourth-order valence-corrected chi connectivity index (χ4v) is 2.48. The monoisotopic (exact) mass is 297 g/mol.